The fourth-order valence-electron chi connectivity index (χ4n) is 3.71. The molecule has 0 N–H and O–H groups in total. The van der Waals surface area contributed by atoms with E-state index in [1.165, 1.54) is 27.1 Å². The molecule has 0 aliphatic carbocycles. The Morgan fingerprint density at radius 1 is 1.13 bits per heavy atom. The molecule has 0 amide bonds. The molecule has 0 radical (unpaired) electrons. The van der Waals surface area contributed by atoms with Crippen molar-refractivity contribution in [1.29, 1.82) is 0 Å². The molecule has 0 spiro atoms. The summed E-state index contributed by atoms with van der Waals surface area (Å²) in [4.78, 5) is 16.3. The lowest BCUT2D eigenvalue weighted by molar-refractivity contribution is 0.207. The van der Waals surface area contributed by atoms with Gasteiger partial charge in [-0.2, -0.15) is 4.31 Å². The summed E-state index contributed by atoms with van der Waals surface area (Å²) in [6.07, 6.45) is 0.288. The predicted molar refractivity (Wildman–Crippen MR) is 111 cm³/mol. The molecule has 1 unspecified atom stereocenters. The normalized spacial score (nSPS) is 17.7. The molecule has 0 bridgehead atoms. The average Bonchev–Trinajstić information content (AvgIpc) is 3.33. The first kappa shape index (κ1) is 18.8. The van der Waals surface area contributed by atoms with Gasteiger partial charge in [0.2, 0.25) is 15.9 Å². The van der Waals surface area contributed by atoms with Gasteiger partial charge in [0.25, 0.3) is 0 Å². The van der Waals surface area contributed by atoms with Crippen molar-refractivity contribution in [2.75, 3.05) is 13.1 Å². The molecular weight excluding hydrogens is 406 g/mol. The molecule has 3 heterocycles. The quantitative estimate of drug-likeness (QED) is 0.499. The van der Waals surface area contributed by atoms with Crippen LogP contribution >= 0.6 is 0 Å². The molecule has 1 saturated heterocycles. The van der Waals surface area contributed by atoms with E-state index in [0.29, 0.717) is 29.9 Å². The van der Waals surface area contributed by atoms with Gasteiger partial charge < -0.3 is 9.15 Å². The second-order valence-electron chi connectivity index (χ2n) is 7.29. The fraction of sp³-hybridized carbons (Fsp3) is 0.238. The highest BCUT2D eigenvalue weighted by Crippen LogP contribution is 2.26. The Labute approximate surface area is 172 Å². The number of pyridine rings is 1. The number of nitrogens with zero attached hydrogens (tertiary/aromatic N) is 3. The van der Waals surface area contributed by atoms with Crippen molar-refractivity contribution >= 4 is 32.0 Å². The summed E-state index contributed by atoms with van der Waals surface area (Å²) in [6, 6.07) is 15.9. The maximum absolute atomic E-state index is 13.1. The highest BCUT2D eigenvalue weighted by molar-refractivity contribution is 7.89. The number of sulfonamides is 1. The number of rotatable bonds is 4. The van der Waals surface area contributed by atoms with Crippen LogP contribution < -0.4 is 10.5 Å². The van der Waals surface area contributed by atoms with Crippen LogP contribution in [-0.2, 0) is 17.1 Å². The van der Waals surface area contributed by atoms with Gasteiger partial charge in [-0.05, 0) is 36.8 Å². The summed E-state index contributed by atoms with van der Waals surface area (Å²) >= 11 is 0. The Morgan fingerprint density at radius 3 is 2.83 bits per heavy atom. The molecular formula is C21H19N3O5S. The van der Waals surface area contributed by atoms with E-state index in [9.17, 15) is 13.2 Å². The van der Waals surface area contributed by atoms with Gasteiger partial charge in [-0.15, -0.1) is 0 Å². The van der Waals surface area contributed by atoms with Crippen LogP contribution in [0.3, 0.4) is 0 Å². The Balaban J connectivity index is 1.36. The van der Waals surface area contributed by atoms with Crippen LogP contribution in [0.5, 0.6) is 5.88 Å². The largest absolute Gasteiger partial charge is 0.473 e. The van der Waals surface area contributed by atoms with Crippen LogP contribution in [0.1, 0.15) is 6.42 Å². The number of hydrogen-bond donors (Lipinski definition) is 0. The van der Waals surface area contributed by atoms with E-state index in [1.807, 2.05) is 30.3 Å². The minimum atomic E-state index is -3.72. The van der Waals surface area contributed by atoms with Crippen molar-refractivity contribution in [3.8, 4) is 5.88 Å². The lowest BCUT2D eigenvalue weighted by Crippen LogP contribution is -2.31. The molecule has 1 aliphatic rings. The van der Waals surface area contributed by atoms with Crippen molar-refractivity contribution in [1.82, 2.24) is 13.9 Å². The number of fused-ring (bicyclic) bond motifs is 2. The molecule has 4 aromatic rings. The number of para-hydroxylation sites is 1. The third-order valence-electron chi connectivity index (χ3n) is 5.37. The number of ether oxygens (including phenoxy) is 1. The minimum Gasteiger partial charge on any atom is -0.473 e. The highest BCUT2D eigenvalue weighted by Gasteiger charge is 2.34. The second-order valence-corrected chi connectivity index (χ2v) is 9.23. The molecule has 9 heteroatoms. The molecule has 5 rings (SSSR count). The second kappa shape index (κ2) is 6.96. The highest BCUT2D eigenvalue weighted by atomic mass is 32.2. The SMILES string of the molecule is Cn1c(=O)oc2ccc(S(=O)(=O)N3CCC(Oc4ccc5ccccc5n4)C3)cc21. The van der Waals surface area contributed by atoms with Crippen molar-refractivity contribution in [3.05, 3.63) is 65.1 Å². The van der Waals surface area contributed by atoms with Crippen molar-refractivity contribution in [3.63, 3.8) is 0 Å². The van der Waals surface area contributed by atoms with Gasteiger partial charge in [-0.25, -0.2) is 18.2 Å². The Hall–Kier alpha value is -3.17. The van der Waals surface area contributed by atoms with Crippen molar-refractivity contribution in [2.45, 2.75) is 17.4 Å². The molecule has 2 aromatic carbocycles. The molecule has 8 nitrogen and oxygen atoms in total. The van der Waals surface area contributed by atoms with Gasteiger partial charge in [-0.1, -0.05) is 18.2 Å². The van der Waals surface area contributed by atoms with Crippen LogP contribution in [0.15, 0.2) is 68.7 Å². The number of aromatic nitrogens is 2. The molecule has 1 atom stereocenters. The predicted octanol–water partition coefficient (Wildman–Crippen LogP) is 2.52. The van der Waals surface area contributed by atoms with E-state index in [2.05, 4.69) is 4.98 Å². The van der Waals surface area contributed by atoms with Crippen LogP contribution in [-0.4, -0.2) is 41.5 Å². The first-order valence-electron chi connectivity index (χ1n) is 9.54. The summed E-state index contributed by atoms with van der Waals surface area (Å²) in [5, 5.41) is 1.02. The molecule has 1 aliphatic heterocycles. The third-order valence-corrected chi connectivity index (χ3v) is 7.23. The summed E-state index contributed by atoms with van der Waals surface area (Å²) in [7, 11) is -2.18. The Morgan fingerprint density at radius 2 is 1.97 bits per heavy atom. The van der Waals surface area contributed by atoms with E-state index in [4.69, 9.17) is 9.15 Å². The van der Waals surface area contributed by atoms with E-state index < -0.39 is 15.8 Å². The average molecular weight is 425 g/mol. The van der Waals surface area contributed by atoms with E-state index in [-0.39, 0.29) is 17.5 Å². The smallest absolute Gasteiger partial charge is 0.419 e. The van der Waals surface area contributed by atoms with Crippen LogP contribution in [0, 0.1) is 0 Å². The molecule has 30 heavy (non-hydrogen) atoms. The maximum atomic E-state index is 13.1. The third kappa shape index (κ3) is 3.16. The van der Waals surface area contributed by atoms with Gasteiger partial charge >= 0.3 is 5.76 Å². The number of benzene rings is 2. The van der Waals surface area contributed by atoms with Crippen molar-refractivity contribution in [2.24, 2.45) is 7.05 Å². The van der Waals surface area contributed by atoms with E-state index >= 15 is 0 Å². The van der Waals surface area contributed by atoms with E-state index in [0.717, 1.165) is 10.9 Å². The molecule has 2 aromatic heterocycles. The summed E-state index contributed by atoms with van der Waals surface area (Å²) in [5.74, 6) is -0.0511. The summed E-state index contributed by atoms with van der Waals surface area (Å²) in [6.45, 7) is 0.585. The zero-order valence-electron chi connectivity index (χ0n) is 16.2. The first-order valence-corrected chi connectivity index (χ1v) is 11.0. The number of oxazole rings is 1. The van der Waals surface area contributed by atoms with Crippen LogP contribution in [0.25, 0.3) is 22.0 Å². The topological polar surface area (TPSA) is 94.6 Å². The number of aryl methyl sites for hydroxylation is 1. The maximum Gasteiger partial charge on any atom is 0.419 e. The summed E-state index contributed by atoms with van der Waals surface area (Å²) < 4.78 is 39.9. The van der Waals surface area contributed by atoms with Crippen molar-refractivity contribution < 1.29 is 17.6 Å². The lowest BCUT2D eigenvalue weighted by Gasteiger charge is -2.17. The van der Waals surface area contributed by atoms with E-state index in [1.54, 1.807) is 13.1 Å². The summed E-state index contributed by atoms with van der Waals surface area (Å²) in [5.41, 5.74) is 1.62. The standard InChI is InChI=1S/C21H19N3O5S/c1-23-18-12-16(7-8-19(18)29-21(23)25)30(26,27)24-11-10-15(13-24)28-20-9-6-14-4-2-3-5-17(14)22-20/h2-9,12,15H,10-11,13H2,1H3. The first-order chi connectivity index (χ1) is 14.4. The van der Waals surface area contributed by atoms with Gasteiger partial charge in [0.05, 0.1) is 22.5 Å². The zero-order chi connectivity index (χ0) is 20.9. The van der Waals surface area contributed by atoms with Crippen LogP contribution in [0.4, 0.5) is 0 Å². The molecule has 154 valence electrons. The Kier molecular flexibility index (Phi) is 4.37. The van der Waals surface area contributed by atoms with Gasteiger partial charge in [0, 0.05) is 25.0 Å². The van der Waals surface area contributed by atoms with Gasteiger partial charge in [0.1, 0.15) is 6.10 Å². The van der Waals surface area contributed by atoms with Gasteiger partial charge in [-0.3, -0.25) is 4.57 Å². The zero-order valence-corrected chi connectivity index (χ0v) is 17.0. The van der Waals surface area contributed by atoms with Gasteiger partial charge in [0.15, 0.2) is 5.58 Å². The Bertz CT molecular complexity index is 1420. The lowest BCUT2D eigenvalue weighted by atomic mass is 10.2. The monoisotopic (exact) mass is 425 g/mol. The molecule has 1 fully saturated rings. The minimum absolute atomic E-state index is 0.121. The van der Waals surface area contributed by atoms with Crippen LogP contribution in [0.2, 0.25) is 0 Å². The molecule has 0 saturated carbocycles. The fourth-order valence-corrected chi connectivity index (χ4v) is 5.22. The number of hydrogen-bond acceptors (Lipinski definition) is 6.